The van der Waals surface area contributed by atoms with Gasteiger partial charge in [0.15, 0.2) is 5.75 Å². The summed E-state index contributed by atoms with van der Waals surface area (Å²) in [5.41, 5.74) is 0.216. The van der Waals surface area contributed by atoms with Crippen molar-refractivity contribution in [3.63, 3.8) is 0 Å². The summed E-state index contributed by atoms with van der Waals surface area (Å²) in [5.74, 6) is -2.07. The average Bonchev–Trinajstić information content (AvgIpc) is 3.27. The third-order valence-corrected chi connectivity index (χ3v) is 13.4. The van der Waals surface area contributed by atoms with E-state index < -0.39 is 111 Å². The van der Waals surface area contributed by atoms with Crippen molar-refractivity contribution in [2.24, 2.45) is 20.5 Å². The number of anilines is 4. The maximum atomic E-state index is 13.2. The van der Waals surface area contributed by atoms with Crippen LogP contribution in [-0.4, -0.2) is 77.0 Å². The van der Waals surface area contributed by atoms with Crippen LogP contribution in [0.5, 0.6) is 11.8 Å². The van der Waals surface area contributed by atoms with Crippen LogP contribution >= 0.6 is 0 Å². The van der Waals surface area contributed by atoms with Crippen LogP contribution in [-0.2, 0) is 40.5 Å². The lowest BCUT2D eigenvalue weighted by atomic mass is 10.0. The van der Waals surface area contributed by atoms with E-state index in [4.69, 9.17) is 0 Å². The lowest BCUT2D eigenvalue weighted by molar-refractivity contribution is 0.430. The summed E-state index contributed by atoms with van der Waals surface area (Å²) >= 11 is 0. The number of aryl methyl sites for hydroxylation is 1. The van der Waals surface area contributed by atoms with E-state index in [9.17, 15) is 62.1 Å². The maximum absolute atomic E-state index is 13.2. The molecule has 8 rings (SSSR count). The summed E-state index contributed by atoms with van der Waals surface area (Å²) in [6, 6.07) is 27.2. The molecule has 0 spiro atoms. The normalized spacial score (nSPS) is 12.6. The van der Waals surface area contributed by atoms with Gasteiger partial charge in [-0.1, -0.05) is 66.2 Å². The second-order valence-corrected chi connectivity index (χ2v) is 20.3. The van der Waals surface area contributed by atoms with E-state index in [1.807, 2.05) is 31.2 Å². The van der Waals surface area contributed by atoms with Crippen molar-refractivity contribution in [1.29, 1.82) is 0 Å². The first-order valence-corrected chi connectivity index (χ1v) is 25.1. The molecule has 352 valence electrons. The maximum Gasteiger partial charge on any atom is 0.320 e. The van der Waals surface area contributed by atoms with Gasteiger partial charge in [0.05, 0.1) is 32.2 Å². The molecule has 0 radical (unpaired) electrons. The van der Waals surface area contributed by atoms with E-state index in [-0.39, 0.29) is 22.4 Å². The topological polar surface area (TPSA) is 370 Å². The standard InChI is InChI=1S/C42H31N9O14S4/c1-22-7-9-23(10-8-22)24-11-13-28(14-12-24)48-50-36-33(68(60,61)62)19-26-20-34(69(63,64)65)37(51-49-32-21-30(67(57,58)59)18-25-17-29(66(54,55)56)15-16-31(25)32)39(52)35(26)38(36)44-41-45-40(46-42(53)47-41)43-27-5-3-2-4-6-27/h2-21,52H,1H3,(H,54,55,56)(H,57,58,59)(H,60,61,62)(H,63,64,65)(H3,43,44,45,46,47,53). The Bertz CT molecular complexity index is 3920. The summed E-state index contributed by atoms with van der Waals surface area (Å²) in [6.45, 7) is 1.93. The number of hydrogen-bond acceptors (Lipinski definition) is 19. The number of hydrogen-bond donors (Lipinski definition) is 8. The fourth-order valence-electron chi connectivity index (χ4n) is 6.80. The molecule has 0 atom stereocenters. The molecule has 0 bridgehead atoms. The number of nitrogens with one attached hydrogen (secondary N) is 2. The molecule has 0 saturated carbocycles. The van der Waals surface area contributed by atoms with Gasteiger partial charge in [-0.2, -0.15) is 53.7 Å². The molecule has 0 aliphatic heterocycles. The highest BCUT2D eigenvalue weighted by Crippen LogP contribution is 2.50. The molecule has 0 aliphatic rings. The number of aromatic nitrogens is 3. The Balaban J connectivity index is 1.38. The highest BCUT2D eigenvalue weighted by Gasteiger charge is 2.30. The second-order valence-electron chi connectivity index (χ2n) is 14.7. The fourth-order valence-corrected chi connectivity index (χ4v) is 9.18. The van der Waals surface area contributed by atoms with Gasteiger partial charge in [0.2, 0.25) is 11.9 Å². The lowest BCUT2D eigenvalue weighted by Crippen LogP contribution is -2.07. The first-order chi connectivity index (χ1) is 32.4. The van der Waals surface area contributed by atoms with Gasteiger partial charge in [-0.25, -0.2) is 0 Å². The number of nitrogens with zero attached hydrogens (tertiary/aromatic N) is 7. The van der Waals surface area contributed by atoms with Crippen LogP contribution in [0.3, 0.4) is 0 Å². The Hall–Kier alpha value is -7.89. The molecule has 8 aromatic rings. The molecule has 1 heterocycles. The molecule has 69 heavy (non-hydrogen) atoms. The molecule has 27 heteroatoms. The number of benzene rings is 7. The fraction of sp³-hybridized carbons (Fsp3) is 0.0238. The molecule has 0 unspecified atom stereocenters. The van der Waals surface area contributed by atoms with Gasteiger partial charge < -0.3 is 20.8 Å². The van der Waals surface area contributed by atoms with E-state index in [1.165, 1.54) is 12.1 Å². The molecule has 0 aliphatic carbocycles. The number of aromatic hydroxyl groups is 2. The minimum atomic E-state index is -5.48. The van der Waals surface area contributed by atoms with Crippen LogP contribution in [0.15, 0.2) is 161 Å². The van der Waals surface area contributed by atoms with E-state index in [0.29, 0.717) is 17.8 Å². The van der Waals surface area contributed by atoms with Gasteiger partial charge in [0.1, 0.15) is 21.2 Å². The highest BCUT2D eigenvalue weighted by atomic mass is 32.2. The van der Waals surface area contributed by atoms with Crippen LogP contribution in [0.2, 0.25) is 0 Å². The second kappa shape index (κ2) is 18.0. The van der Waals surface area contributed by atoms with Gasteiger partial charge in [-0.05, 0) is 89.5 Å². The Morgan fingerprint density at radius 3 is 1.65 bits per heavy atom. The molecule has 0 fully saturated rings. The van der Waals surface area contributed by atoms with Crippen molar-refractivity contribution in [2.75, 3.05) is 10.6 Å². The number of para-hydroxylation sites is 1. The summed E-state index contributed by atoms with van der Waals surface area (Å²) in [6.07, 6.45) is 0. The van der Waals surface area contributed by atoms with Crippen molar-refractivity contribution < 1.29 is 62.1 Å². The molecular formula is C42H31N9O14S4. The third kappa shape index (κ3) is 10.5. The number of fused-ring (bicyclic) bond motifs is 2. The Morgan fingerprint density at radius 2 is 1.06 bits per heavy atom. The highest BCUT2D eigenvalue weighted by molar-refractivity contribution is 7.86. The van der Waals surface area contributed by atoms with E-state index in [1.54, 1.807) is 42.5 Å². The quantitative estimate of drug-likeness (QED) is 0.0394. The largest absolute Gasteiger partial charge is 0.505 e. The molecule has 1 aromatic heterocycles. The van der Waals surface area contributed by atoms with Crippen LogP contribution < -0.4 is 10.6 Å². The van der Waals surface area contributed by atoms with Crippen LogP contribution in [0, 0.1) is 6.92 Å². The number of phenolic OH excluding ortho intramolecular Hbond substituents is 1. The molecule has 0 saturated heterocycles. The predicted octanol–water partition coefficient (Wildman–Crippen LogP) is 8.87. The zero-order chi connectivity index (χ0) is 49.6. The van der Waals surface area contributed by atoms with Crippen molar-refractivity contribution in [3.05, 3.63) is 127 Å². The van der Waals surface area contributed by atoms with Crippen molar-refractivity contribution in [1.82, 2.24) is 15.0 Å². The van der Waals surface area contributed by atoms with Crippen LogP contribution in [0.4, 0.5) is 46.0 Å². The minimum absolute atomic E-state index is 0.100. The first kappa shape index (κ1) is 47.6. The first-order valence-electron chi connectivity index (χ1n) is 19.3. The van der Waals surface area contributed by atoms with E-state index >= 15 is 0 Å². The lowest BCUT2D eigenvalue weighted by Gasteiger charge is -2.17. The van der Waals surface area contributed by atoms with Crippen molar-refractivity contribution >= 4 is 108 Å². The van der Waals surface area contributed by atoms with E-state index in [0.717, 1.165) is 47.0 Å². The summed E-state index contributed by atoms with van der Waals surface area (Å²) in [4.78, 5) is 8.06. The Labute approximate surface area is 390 Å². The number of azo groups is 2. The van der Waals surface area contributed by atoms with Crippen LogP contribution in [0.1, 0.15) is 5.56 Å². The monoisotopic (exact) mass is 1010 g/mol. The summed E-state index contributed by atoms with van der Waals surface area (Å²) in [5, 5.41) is 42.8. The van der Waals surface area contributed by atoms with Gasteiger partial charge in [0, 0.05) is 11.1 Å². The minimum Gasteiger partial charge on any atom is -0.505 e. The zero-order valence-electron chi connectivity index (χ0n) is 34.8. The Morgan fingerprint density at radius 1 is 0.507 bits per heavy atom. The summed E-state index contributed by atoms with van der Waals surface area (Å²) in [7, 11) is -20.8. The van der Waals surface area contributed by atoms with Gasteiger partial charge in [-0.3, -0.25) is 18.2 Å². The third-order valence-electron chi connectivity index (χ3n) is 9.97. The zero-order valence-corrected chi connectivity index (χ0v) is 38.0. The SMILES string of the molecule is Cc1ccc(-c2ccc(N=Nc3c(S(=O)(=O)O)cc4cc(S(=O)(=O)O)c(N=Nc5cc(S(=O)(=O)O)cc6cc(S(=O)(=O)O)ccc56)c(O)c4c3Nc3nc(O)nc(Nc4ccccc4)n3)cc2)cc1. The number of rotatable bonds is 13. The number of phenols is 1. The van der Waals surface area contributed by atoms with Crippen molar-refractivity contribution in [3.8, 4) is 22.9 Å². The van der Waals surface area contributed by atoms with Crippen molar-refractivity contribution in [2.45, 2.75) is 26.5 Å². The average molecular weight is 1010 g/mol. The summed E-state index contributed by atoms with van der Waals surface area (Å²) < 4.78 is 141. The molecule has 8 N–H and O–H groups in total. The molecule has 23 nitrogen and oxygen atoms in total. The predicted molar refractivity (Wildman–Crippen MR) is 248 cm³/mol. The van der Waals surface area contributed by atoms with Gasteiger partial charge in [-0.15, -0.1) is 15.3 Å². The Kier molecular flexibility index (Phi) is 12.4. The smallest absolute Gasteiger partial charge is 0.320 e. The van der Waals surface area contributed by atoms with Crippen LogP contribution in [0.25, 0.3) is 32.7 Å². The molecular weight excluding hydrogens is 983 g/mol. The molecule has 7 aromatic carbocycles. The molecule has 0 amide bonds. The van der Waals surface area contributed by atoms with Gasteiger partial charge >= 0.3 is 6.01 Å². The van der Waals surface area contributed by atoms with E-state index in [2.05, 4.69) is 46.0 Å². The van der Waals surface area contributed by atoms with Gasteiger partial charge in [0.25, 0.3) is 40.5 Å².